The maximum atomic E-state index is 12.9. The van der Waals surface area contributed by atoms with E-state index < -0.39 is 11.6 Å². The van der Waals surface area contributed by atoms with Crippen LogP contribution in [0.4, 0.5) is 5.69 Å². The van der Waals surface area contributed by atoms with Gasteiger partial charge in [-0.3, -0.25) is 4.79 Å². The van der Waals surface area contributed by atoms with Crippen LogP contribution in [0.25, 0.3) is 11.0 Å². The number of anilines is 1. The van der Waals surface area contributed by atoms with Gasteiger partial charge in [-0.05, 0) is 61.6 Å². The summed E-state index contributed by atoms with van der Waals surface area (Å²) >= 11 is 0. The minimum absolute atomic E-state index is 0.0786. The second-order valence-electron chi connectivity index (χ2n) is 10.7. The molecular weight excluding hydrogens is 434 g/mol. The minimum atomic E-state index is -0.683. The molecule has 0 radical (unpaired) electrons. The fraction of sp³-hybridized carbons (Fsp3) is 0.593. The lowest BCUT2D eigenvalue weighted by molar-refractivity contribution is -0.145. The van der Waals surface area contributed by atoms with Crippen LogP contribution in [0.15, 0.2) is 27.4 Å². The normalized spacial score (nSPS) is 22.9. The van der Waals surface area contributed by atoms with Crippen LogP contribution < -0.4 is 10.5 Å². The van der Waals surface area contributed by atoms with Crippen LogP contribution >= 0.6 is 0 Å². The summed E-state index contributed by atoms with van der Waals surface area (Å²) in [7, 11) is 0. The van der Waals surface area contributed by atoms with Gasteiger partial charge in [0.1, 0.15) is 23.4 Å². The first-order valence-corrected chi connectivity index (χ1v) is 12.3. The van der Waals surface area contributed by atoms with Crippen molar-refractivity contribution >= 4 is 28.6 Å². The fourth-order valence-electron chi connectivity index (χ4n) is 5.33. The Kier molecular flexibility index (Phi) is 6.74. The van der Waals surface area contributed by atoms with Gasteiger partial charge in [-0.15, -0.1) is 0 Å². The summed E-state index contributed by atoms with van der Waals surface area (Å²) in [4.78, 5) is 39.1. The second-order valence-corrected chi connectivity index (χ2v) is 10.7. The van der Waals surface area contributed by atoms with Crippen LogP contribution in [0.1, 0.15) is 76.2 Å². The van der Waals surface area contributed by atoms with E-state index in [1.165, 1.54) is 6.92 Å². The quantitative estimate of drug-likeness (QED) is 0.466. The highest BCUT2D eigenvalue weighted by molar-refractivity contribution is 5.94. The lowest BCUT2D eigenvalue weighted by Crippen LogP contribution is -2.40. The van der Waals surface area contributed by atoms with Crippen molar-refractivity contribution in [3.8, 4) is 0 Å². The van der Waals surface area contributed by atoms with Crippen molar-refractivity contribution < 1.29 is 23.5 Å². The van der Waals surface area contributed by atoms with Gasteiger partial charge in [-0.2, -0.15) is 0 Å². The van der Waals surface area contributed by atoms with Crippen LogP contribution in [0.5, 0.6) is 0 Å². The van der Waals surface area contributed by atoms with Crippen LogP contribution in [-0.2, 0) is 20.7 Å². The predicted molar refractivity (Wildman–Crippen MR) is 130 cm³/mol. The number of carbonyl (C=O) groups is 2. The molecule has 1 aliphatic carbocycles. The van der Waals surface area contributed by atoms with Crippen molar-refractivity contribution in [2.24, 2.45) is 11.3 Å². The summed E-state index contributed by atoms with van der Waals surface area (Å²) in [5.74, 6) is -0.323. The van der Waals surface area contributed by atoms with Crippen molar-refractivity contribution in [3.63, 3.8) is 0 Å². The molecule has 1 fully saturated rings. The van der Waals surface area contributed by atoms with Crippen molar-refractivity contribution in [1.82, 2.24) is 0 Å². The number of carbonyl (C=O) groups excluding carboxylic acids is 2. The molecule has 34 heavy (non-hydrogen) atoms. The van der Waals surface area contributed by atoms with E-state index in [-0.39, 0.29) is 29.2 Å². The molecule has 0 saturated heterocycles. The average Bonchev–Trinajstić information content (AvgIpc) is 2.76. The third kappa shape index (κ3) is 5.13. The Bertz CT molecular complexity index is 1140. The number of nitrogens with zero attached hydrogens (tertiary/aromatic N) is 1. The van der Waals surface area contributed by atoms with Gasteiger partial charge < -0.3 is 18.8 Å². The van der Waals surface area contributed by atoms with Crippen LogP contribution in [0.3, 0.4) is 0 Å². The maximum absolute atomic E-state index is 12.9. The number of hydrogen-bond donors (Lipinski definition) is 0. The second kappa shape index (κ2) is 9.43. The molecule has 1 aliphatic heterocycles. The van der Waals surface area contributed by atoms with Gasteiger partial charge in [-0.25, -0.2) is 9.59 Å². The van der Waals surface area contributed by atoms with E-state index in [1.807, 2.05) is 19.1 Å². The molecular formula is C27H35NO6. The topological polar surface area (TPSA) is 86.0 Å². The van der Waals surface area contributed by atoms with E-state index in [2.05, 4.69) is 25.7 Å². The number of rotatable bonds is 4. The molecule has 4 rings (SSSR count). The highest BCUT2D eigenvalue weighted by atomic mass is 16.5. The molecule has 1 saturated carbocycles. The third-order valence-corrected chi connectivity index (χ3v) is 7.25. The fourth-order valence-corrected chi connectivity index (χ4v) is 5.33. The zero-order chi connectivity index (χ0) is 24.6. The Labute approximate surface area is 200 Å². The number of fused-ring (bicyclic) bond motifs is 2. The van der Waals surface area contributed by atoms with Gasteiger partial charge in [0.15, 0.2) is 0 Å². The standard InChI is InChI=1S/C27H35NO6/c1-6-28-15-21(32-16(2)29)12-17-11-18-13-22(26(31)34-24(18)14-23(17)28)25(30)33-20-9-7-19(8-10-20)27(3,4)5/h11,13-14,19-21H,6-10,12,15H2,1-5H3. The van der Waals surface area contributed by atoms with E-state index in [0.717, 1.165) is 43.5 Å². The average molecular weight is 470 g/mol. The van der Waals surface area contributed by atoms with Gasteiger partial charge in [0.25, 0.3) is 0 Å². The highest BCUT2D eigenvalue weighted by Crippen LogP contribution is 2.39. The number of benzene rings is 1. The van der Waals surface area contributed by atoms with Gasteiger partial charge in [0.2, 0.25) is 0 Å². The Balaban J connectivity index is 1.55. The molecule has 0 bridgehead atoms. The van der Waals surface area contributed by atoms with Crippen molar-refractivity contribution in [2.75, 3.05) is 18.0 Å². The van der Waals surface area contributed by atoms with Crippen molar-refractivity contribution in [3.05, 3.63) is 39.7 Å². The van der Waals surface area contributed by atoms with E-state index in [1.54, 1.807) is 6.07 Å². The molecule has 1 aromatic heterocycles. The Hall–Kier alpha value is -2.83. The SMILES string of the molecule is CCN1CC(OC(C)=O)Cc2cc3cc(C(=O)OC4CCC(C(C)(C)C)CC4)c(=O)oc3cc21. The molecule has 0 N–H and O–H groups in total. The lowest BCUT2D eigenvalue weighted by Gasteiger charge is -2.36. The highest BCUT2D eigenvalue weighted by Gasteiger charge is 2.32. The summed E-state index contributed by atoms with van der Waals surface area (Å²) in [5.41, 5.74) is 1.85. The summed E-state index contributed by atoms with van der Waals surface area (Å²) < 4.78 is 16.7. The predicted octanol–water partition coefficient (Wildman–Crippen LogP) is 4.87. The lowest BCUT2D eigenvalue weighted by atomic mass is 9.72. The van der Waals surface area contributed by atoms with Crippen molar-refractivity contribution in [1.29, 1.82) is 0 Å². The number of hydrogen-bond acceptors (Lipinski definition) is 7. The Morgan fingerprint density at radius 2 is 1.76 bits per heavy atom. The molecule has 1 aromatic carbocycles. The third-order valence-electron chi connectivity index (χ3n) is 7.25. The Morgan fingerprint density at radius 1 is 1.06 bits per heavy atom. The summed E-state index contributed by atoms with van der Waals surface area (Å²) in [5, 5.41) is 0.654. The van der Waals surface area contributed by atoms with Crippen LogP contribution in [0, 0.1) is 11.3 Å². The molecule has 1 atom stereocenters. The zero-order valence-corrected chi connectivity index (χ0v) is 20.8. The number of ether oxygens (including phenoxy) is 2. The van der Waals surface area contributed by atoms with Crippen LogP contribution in [-0.4, -0.2) is 37.2 Å². The first kappa shape index (κ1) is 24.3. The van der Waals surface area contributed by atoms with E-state index >= 15 is 0 Å². The molecule has 7 nitrogen and oxygen atoms in total. The van der Waals surface area contributed by atoms with E-state index in [0.29, 0.717) is 29.9 Å². The molecule has 184 valence electrons. The number of likely N-dealkylation sites (N-methyl/N-ethyl adjacent to an activating group) is 1. The maximum Gasteiger partial charge on any atom is 0.351 e. The van der Waals surface area contributed by atoms with Crippen LogP contribution in [0.2, 0.25) is 0 Å². The Morgan fingerprint density at radius 3 is 2.38 bits per heavy atom. The van der Waals surface area contributed by atoms with E-state index in [4.69, 9.17) is 13.9 Å². The van der Waals surface area contributed by atoms with E-state index in [9.17, 15) is 14.4 Å². The summed E-state index contributed by atoms with van der Waals surface area (Å²) in [6.07, 6.45) is 3.79. The first-order valence-electron chi connectivity index (χ1n) is 12.3. The van der Waals surface area contributed by atoms with Gasteiger partial charge in [0, 0.05) is 37.0 Å². The van der Waals surface area contributed by atoms with Gasteiger partial charge in [0.05, 0.1) is 6.54 Å². The zero-order valence-electron chi connectivity index (χ0n) is 20.8. The molecule has 7 heteroatoms. The van der Waals surface area contributed by atoms with Gasteiger partial charge >= 0.3 is 17.6 Å². The summed E-state index contributed by atoms with van der Waals surface area (Å²) in [6.45, 7) is 11.5. The minimum Gasteiger partial charge on any atom is -0.460 e. The molecule has 2 heterocycles. The largest absolute Gasteiger partial charge is 0.460 e. The molecule has 2 aromatic rings. The van der Waals surface area contributed by atoms with Crippen molar-refractivity contribution in [2.45, 2.75) is 78.9 Å². The monoisotopic (exact) mass is 469 g/mol. The number of esters is 2. The van der Waals surface area contributed by atoms with Gasteiger partial charge in [-0.1, -0.05) is 20.8 Å². The molecule has 0 spiro atoms. The molecule has 2 aliphatic rings. The molecule has 0 amide bonds. The first-order chi connectivity index (χ1) is 16.0. The molecule has 1 unspecified atom stereocenters. The smallest absolute Gasteiger partial charge is 0.351 e. The summed E-state index contributed by atoms with van der Waals surface area (Å²) in [6, 6.07) is 5.32.